The van der Waals surface area contributed by atoms with Crippen LogP contribution < -0.4 is 10.6 Å². The summed E-state index contributed by atoms with van der Waals surface area (Å²) in [6.07, 6.45) is -0.183. The average Bonchev–Trinajstić information content (AvgIpc) is 3.14. The van der Waals surface area contributed by atoms with Gasteiger partial charge in [-0.25, -0.2) is 0 Å². The smallest absolute Gasteiger partial charge is 0.372 e. The Kier molecular flexibility index (Phi) is 8.12. The van der Waals surface area contributed by atoms with E-state index in [0.29, 0.717) is 32.0 Å². The molecule has 0 amide bonds. The van der Waals surface area contributed by atoms with E-state index in [1.807, 2.05) is 41.2 Å². The van der Waals surface area contributed by atoms with Crippen molar-refractivity contribution < 1.29 is 17.9 Å². The molecule has 0 spiro atoms. The average molecular weight is 383 g/mol. The van der Waals surface area contributed by atoms with Gasteiger partial charge in [-0.1, -0.05) is 24.3 Å². The van der Waals surface area contributed by atoms with Crippen LogP contribution in [0.1, 0.15) is 17.5 Å². The summed E-state index contributed by atoms with van der Waals surface area (Å²) in [6, 6.07) is 9.91. The van der Waals surface area contributed by atoms with Crippen LogP contribution >= 0.6 is 0 Å². The van der Waals surface area contributed by atoms with Crippen molar-refractivity contribution in [3.05, 3.63) is 53.9 Å². The van der Waals surface area contributed by atoms with Gasteiger partial charge in [-0.3, -0.25) is 9.67 Å². The third kappa shape index (κ3) is 8.12. The Morgan fingerprint density at radius 3 is 2.63 bits per heavy atom. The van der Waals surface area contributed by atoms with Crippen molar-refractivity contribution in [3.63, 3.8) is 0 Å². The van der Waals surface area contributed by atoms with Gasteiger partial charge in [0.05, 0.1) is 6.54 Å². The molecule has 2 N–H and O–H groups in total. The minimum Gasteiger partial charge on any atom is -0.372 e. The Bertz CT molecular complexity index is 701. The molecule has 0 aliphatic heterocycles. The number of aromatic nitrogens is 2. The molecule has 0 saturated carbocycles. The zero-order chi connectivity index (χ0) is 19.5. The second kappa shape index (κ2) is 10.6. The standard InChI is InChI=1S/C18H24F3N5O/c1-22-17(23-8-5-11-27-14-18(19,20)21)24-12-15-6-2-3-7-16(15)13-26-10-4-9-25-26/h2-4,6-7,9-10H,5,8,11-14H2,1H3,(H2,22,23,24). The lowest BCUT2D eigenvalue weighted by Gasteiger charge is -2.14. The van der Waals surface area contributed by atoms with E-state index in [0.717, 1.165) is 11.1 Å². The molecule has 1 aromatic heterocycles. The van der Waals surface area contributed by atoms with Crippen molar-refractivity contribution in [2.24, 2.45) is 4.99 Å². The minimum absolute atomic E-state index is 0.0379. The second-order valence-electron chi connectivity index (χ2n) is 5.85. The molecule has 2 aromatic rings. The van der Waals surface area contributed by atoms with Crippen molar-refractivity contribution in [2.45, 2.75) is 25.7 Å². The highest BCUT2D eigenvalue weighted by Crippen LogP contribution is 2.14. The first-order valence-electron chi connectivity index (χ1n) is 8.61. The van der Waals surface area contributed by atoms with Crippen LogP contribution in [0.25, 0.3) is 0 Å². The van der Waals surface area contributed by atoms with Gasteiger partial charge < -0.3 is 15.4 Å². The summed E-state index contributed by atoms with van der Waals surface area (Å²) < 4.78 is 42.4. The number of nitrogens with one attached hydrogen (secondary N) is 2. The Balaban J connectivity index is 1.74. The second-order valence-corrected chi connectivity index (χ2v) is 5.85. The fraction of sp³-hybridized carbons (Fsp3) is 0.444. The van der Waals surface area contributed by atoms with Crippen molar-refractivity contribution in [3.8, 4) is 0 Å². The number of guanidine groups is 1. The fourth-order valence-electron chi connectivity index (χ4n) is 2.42. The lowest BCUT2D eigenvalue weighted by atomic mass is 10.1. The van der Waals surface area contributed by atoms with Crippen LogP contribution in [0.15, 0.2) is 47.7 Å². The van der Waals surface area contributed by atoms with Gasteiger partial charge in [-0.2, -0.15) is 18.3 Å². The fourth-order valence-corrected chi connectivity index (χ4v) is 2.42. The van der Waals surface area contributed by atoms with Crippen molar-refractivity contribution in [1.82, 2.24) is 20.4 Å². The van der Waals surface area contributed by atoms with Crippen molar-refractivity contribution >= 4 is 5.96 Å². The third-order valence-electron chi connectivity index (χ3n) is 3.70. The minimum atomic E-state index is -4.28. The molecule has 148 valence electrons. The molecular formula is C18H24F3N5O. The zero-order valence-corrected chi connectivity index (χ0v) is 15.2. The first-order valence-corrected chi connectivity index (χ1v) is 8.61. The van der Waals surface area contributed by atoms with Gasteiger partial charge in [0.1, 0.15) is 6.61 Å². The Labute approximate surface area is 156 Å². The number of halogens is 3. The molecule has 1 heterocycles. The number of rotatable bonds is 9. The van der Waals surface area contributed by atoms with Crippen molar-refractivity contribution in [1.29, 1.82) is 0 Å². The quantitative estimate of drug-likeness (QED) is 0.397. The van der Waals surface area contributed by atoms with Gasteiger partial charge in [0.15, 0.2) is 5.96 Å². The predicted octanol–water partition coefficient (Wildman–Crippen LogP) is 2.57. The van der Waals surface area contributed by atoms with Crippen LogP contribution in [-0.4, -0.2) is 48.7 Å². The largest absolute Gasteiger partial charge is 0.411 e. The maximum absolute atomic E-state index is 12.0. The number of ether oxygens (including phenoxy) is 1. The van der Waals surface area contributed by atoms with E-state index in [-0.39, 0.29) is 6.61 Å². The molecule has 1 aromatic carbocycles. The first kappa shape index (κ1) is 20.8. The molecule has 0 unspecified atom stereocenters. The van der Waals surface area contributed by atoms with Gasteiger partial charge in [-0.05, 0) is 23.6 Å². The van der Waals surface area contributed by atoms with Crippen LogP contribution in [0.2, 0.25) is 0 Å². The highest BCUT2D eigenvalue weighted by atomic mass is 19.4. The number of nitrogens with zero attached hydrogens (tertiary/aromatic N) is 3. The normalized spacial score (nSPS) is 12.2. The molecule has 0 radical (unpaired) electrons. The van der Waals surface area contributed by atoms with Gasteiger partial charge in [-0.15, -0.1) is 0 Å². The molecule has 6 nitrogen and oxygen atoms in total. The van der Waals surface area contributed by atoms with Gasteiger partial charge >= 0.3 is 6.18 Å². The summed E-state index contributed by atoms with van der Waals surface area (Å²) >= 11 is 0. The van der Waals surface area contributed by atoms with Gasteiger partial charge in [0, 0.05) is 39.1 Å². The predicted molar refractivity (Wildman–Crippen MR) is 97.5 cm³/mol. The monoisotopic (exact) mass is 383 g/mol. The van der Waals surface area contributed by atoms with Gasteiger partial charge in [0.25, 0.3) is 0 Å². The molecule has 0 aliphatic rings. The number of alkyl halides is 3. The van der Waals surface area contributed by atoms with E-state index in [1.165, 1.54) is 0 Å². The maximum Gasteiger partial charge on any atom is 0.411 e. The highest BCUT2D eigenvalue weighted by molar-refractivity contribution is 5.79. The first-order chi connectivity index (χ1) is 13.0. The molecule has 9 heteroatoms. The number of aliphatic imine (C=N–C) groups is 1. The molecule has 0 aliphatic carbocycles. The van der Waals surface area contributed by atoms with E-state index in [2.05, 4.69) is 25.5 Å². The molecule has 27 heavy (non-hydrogen) atoms. The van der Waals surface area contributed by atoms with E-state index in [9.17, 15) is 13.2 Å². The third-order valence-corrected chi connectivity index (χ3v) is 3.70. The summed E-state index contributed by atoms with van der Waals surface area (Å²) in [6.45, 7) is 0.533. The van der Waals surface area contributed by atoms with E-state index in [4.69, 9.17) is 0 Å². The topological polar surface area (TPSA) is 63.5 Å². The van der Waals surface area contributed by atoms with Crippen LogP contribution in [-0.2, 0) is 17.8 Å². The molecule has 2 rings (SSSR count). The molecule has 0 bridgehead atoms. The van der Waals surface area contributed by atoms with E-state index < -0.39 is 12.8 Å². The lowest BCUT2D eigenvalue weighted by Crippen LogP contribution is -2.37. The zero-order valence-electron chi connectivity index (χ0n) is 15.2. The summed E-state index contributed by atoms with van der Waals surface area (Å²) in [7, 11) is 1.64. The molecule has 0 fully saturated rings. The summed E-state index contributed by atoms with van der Waals surface area (Å²) in [5.41, 5.74) is 2.26. The van der Waals surface area contributed by atoms with Crippen LogP contribution in [0.3, 0.4) is 0 Å². The van der Waals surface area contributed by atoms with Gasteiger partial charge in [0.2, 0.25) is 0 Å². The SMILES string of the molecule is CN=C(NCCCOCC(F)(F)F)NCc1ccccc1Cn1cccn1. The van der Waals surface area contributed by atoms with Crippen LogP contribution in [0, 0.1) is 0 Å². The van der Waals surface area contributed by atoms with Crippen LogP contribution in [0.5, 0.6) is 0 Å². The molecular weight excluding hydrogens is 359 g/mol. The van der Waals surface area contributed by atoms with Crippen LogP contribution in [0.4, 0.5) is 13.2 Å². The Hall–Kier alpha value is -2.55. The molecule has 0 atom stereocenters. The Morgan fingerprint density at radius 2 is 1.96 bits per heavy atom. The number of benzene rings is 1. The van der Waals surface area contributed by atoms with E-state index in [1.54, 1.807) is 13.2 Å². The Morgan fingerprint density at radius 1 is 1.19 bits per heavy atom. The summed E-state index contributed by atoms with van der Waals surface area (Å²) in [5, 5.41) is 10.5. The van der Waals surface area contributed by atoms with Crippen molar-refractivity contribution in [2.75, 3.05) is 26.8 Å². The van der Waals surface area contributed by atoms with E-state index >= 15 is 0 Å². The maximum atomic E-state index is 12.0. The highest BCUT2D eigenvalue weighted by Gasteiger charge is 2.27. The molecule has 0 saturated heterocycles. The summed E-state index contributed by atoms with van der Waals surface area (Å²) in [4.78, 5) is 4.12. The number of hydrogen-bond acceptors (Lipinski definition) is 3. The lowest BCUT2D eigenvalue weighted by molar-refractivity contribution is -0.173. The number of hydrogen-bond donors (Lipinski definition) is 2. The summed E-state index contributed by atoms with van der Waals surface area (Å²) in [5.74, 6) is 0.583.